The Morgan fingerprint density at radius 2 is 2.20 bits per heavy atom. The maximum Gasteiger partial charge on any atom is 0.159 e. The lowest BCUT2D eigenvalue weighted by molar-refractivity contribution is -0.255. The van der Waals surface area contributed by atoms with Crippen LogP contribution >= 0.6 is 34.5 Å². The number of halogens is 2. The third kappa shape index (κ3) is 1.39. The summed E-state index contributed by atoms with van der Waals surface area (Å²) in [4.78, 5) is 13.5. The van der Waals surface area contributed by atoms with E-state index >= 15 is 0 Å². The molecule has 0 saturated heterocycles. The number of aromatic carboxylic acids is 1. The average molecular weight is 197 g/mol. The summed E-state index contributed by atoms with van der Waals surface area (Å²) in [6.07, 6.45) is 0. The highest BCUT2D eigenvalue weighted by molar-refractivity contribution is 7.18. The Morgan fingerprint density at radius 3 is 2.40 bits per heavy atom. The maximum absolute atomic E-state index is 10.1. The first-order chi connectivity index (χ1) is 4.61. The number of rotatable bonds is 1. The first kappa shape index (κ1) is 7.78. The van der Waals surface area contributed by atoms with Crippen molar-refractivity contribution in [2.45, 2.75) is 0 Å². The lowest BCUT2D eigenvalue weighted by atomic mass is 10.7. The number of aromatic nitrogens is 1. The van der Waals surface area contributed by atoms with E-state index in [1.54, 1.807) is 0 Å². The van der Waals surface area contributed by atoms with Gasteiger partial charge in [0.2, 0.25) is 0 Å². The third-order valence-corrected chi connectivity index (χ3v) is 2.44. The highest BCUT2D eigenvalue weighted by Crippen LogP contribution is 2.27. The van der Waals surface area contributed by atoms with Gasteiger partial charge in [0.25, 0.3) is 0 Å². The molecule has 0 radical (unpaired) electrons. The van der Waals surface area contributed by atoms with Gasteiger partial charge in [-0.25, -0.2) is 4.98 Å². The summed E-state index contributed by atoms with van der Waals surface area (Å²) in [5, 5.41) is 9.89. The van der Waals surface area contributed by atoms with Gasteiger partial charge in [0.15, 0.2) is 5.15 Å². The molecule has 0 aliphatic heterocycles. The number of hydrogen-bond donors (Lipinski definition) is 0. The number of carbonyl (C=O) groups excluding carboxylic acids is 1. The second kappa shape index (κ2) is 2.74. The number of thiazole rings is 1. The first-order valence-electron chi connectivity index (χ1n) is 2.14. The van der Waals surface area contributed by atoms with Crippen LogP contribution in [-0.4, -0.2) is 11.0 Å². The predicted octanol–water partition coefficient (Wildman–Crippen LogP) is 0.813. The van der Waals surface area contributed by atoms with E-state index < -0.39 is 5.97 Å². The molecular formula is C4Cl2NO2S-. The molecule has 0 fully saturated rings. The van der Waals surface area contributed by atoms with Crippen LogP contribution in [0.3, 0.4) is 0 Å². The van der Waals surface area contributed by atoms with Crippen LogP contribution in [0.2, 0.25) is 9.49 Å². The van der Waals surface area contributed by atoms with Gasteiger partial charge in [-0.05, 0) is 0 Å². The molecule has 0 amide bonds. The number of carbonyl (C=O) groups is 1. The Kier molecular flexibility index (Phi) is 2.13. The summed E-state index contributed by atoms with van der Waals surface area (Å²) in [7, 11) is 0. The summed E-state index contributed by atoms with van der Waals surface area (Å²) in [5.41, 5.74) is 0. The molecule has 0 unspecified atom stereocenters. The van der Waals surface area contributed by atoms with E-state index in [4.69, 9.17) is 23.2 Å². The molecule has 0 bridgehead atoms. The van der Waals surface area contributed by atoms with E-state index in [-0.39, 0.29) is 14.5 Å². The smallest absolute Gasteiger partial charge is 0.159 e. The molecule has 1 heterocycles. The van der Waals surface area contributed by atoms with Crippen molar-refractivity contribution in [1.82, 2.24) is 4.98 Å². The van der Waals surface area contributed by atoms with Gasteiger partial charge in [0.05, 0.1) is 0 Å². The fourth-order valence-electron chi connectivity index (χ4n) is 0.370. The minimum atomic E-state index is -1.36. The van der Waals surface area contributed by atoms with Crippen molar-refractivity contribution < 1.29 is 9.90 Å². The van der Waals surface area contributed by atoms with E-state index in [1.807, 2.05) is 0 Å². The third-order valence-electron chi connectivity index (χ3n) is 0.723. The summed E-state index contributed by atoms with van der Waals surface area (Å²) < 4.78 is 0.167. The van der Waals surface area contributed by atoms with Crippen molar-refractivity contribution in [2.24, 2.45) is 0 Å². The van der Waals surface area contributed by atoms with E-state index in [9.17, 15) is 9.90 Å². The number of carboxylic acids is 1. The second-order valence-corrected chi connectivity index (χ2v) is 3.33. The minimum Gasteiger partial charge on any atom is -0.542 e. The summed E-state index contributed by atoms with van der Waals surface area (Å²) in [6.45, 7) is 0. The minimum absolute atomic E-state index is 0.00543. The van der Waals surface area contributed by atoms with Crippen LogP contribution in [-0.2, 0) is 0 Å². The van der Waals surface area contributed by atoms with Gasteiger partial charge in [-0.15, -0.1) is 0 Å². The molecule has 0 aliphatic carbocycles. The zero-order chi connectivity index (χ0) is 7.72. The Bertz CT molecular complexity index is 253. The lowest BCUT2D eigenvalue weighted by Crippen LogP contribution is -2.21. The zero-order valence-corrected chi connectivity index (χ0v) is 6.76. The molecule has 1 aromatic rings. The van der Waals surface area contributed by atoms with Gasteiger partial charge in [-0.2, -0.15) is 0 Å². The van der Waals surface area contributed by atoms with Crippen LogP contribution in [0.5, 0.6) is 0 Å². The monoisotopic (exact) mass is 196 g/mol. The van der Waals surface area contributed by atoms with Gasteiger partial charge in [-0.1, -0.05) is 34.5 Å². The lowest BCUT2D eigenvalue weighted by Gasteiger charge is -1.90. The molecule has 0 spiro atoms. The highest BCUT2D eigenvalue weighted by atomic mass is 35.5. The van der Waals surface area contributed by atoms with Crippen molar-refractivity contribution in [1.29, 1.82) is 0 Å². The Hall–Kier alpha value is -0.320. The van der Waals surface area contributed by atoms with Crippen LogP contribution < -0.4 is 5.11 Å². The molecule has 10 heavy (non-hydrogen) atoms. The molecule has 6 heteroatoms. The van der Waals surface area contributed by atoms with Crippen LogP contribution in [0.15, 0.2) is 0 Å². The molecule has 1 rings (SSSR count). The molecular weight excluding hydrogens is 197 g/mol. The van der Waals surface area contributed by atoms with Crippen molar-refractivity contribution in [3.8, 4) is 0 Å². The van der Waals surface area contributed by atoms with Crippen molar-refractivity contribution in [3.05, 3.63) is 14.5 Å². The van der Waals surface area contributed by atoms with Gasteiger partial charge in [-0.3, -0.25) is 0 Å². The second-order valence-electron chi connectivity index (χ2n) is 1.37. The van der Waals surface area contributed by atoms with Crippen molar-refractivity contribution >= 4 is 40.5 Å². The molecule has 1 aromatic heterocycles. The Balaban J connectivity index is 3.10. The van der Waals surface area contributed by atoms with Crippen LogP contribution in [0.4, 0.5) is 0 Å². The van der Waals surface area contributed by atoms with E-state index in [0.29, 0.717) is 0 Å². The summed E-state index contributed by atoms with van der Waals surface area (Å²) in [6, 6.07) is 0. The SMILES string of the molecule is O=C([O-])c1nc(Cl)c(Cl)s1. The quantitative estimate of drug-likeness (QED) is 0.669. The van der Waals surface area contributed by atoms with Crippen molar-refractivity contribution in [3.63, 3.8) is 0 Å². The Morgan fingerprint density at radius 1 is 1.60 bits per heavy atom. The summed E-state index contributed by atoms with van der Waals surface area (Å²) >= 11 is 11.5. The number of nitrogens with zero attached hydrogens (tertiary/aromatic N) is 1. The number of hydrogen-bond acceptors (Lipinski definition) is 4. The van der Waals surface area contributed by atoms with Gasteiger partial charge in [0.1, 0.15) is 15.3 Å². The largest absolute Gasteiger partial charge is 0.542 e. The molecule has 0 aliphatic rings. The summed E-state index contributed by atoms with van der Waals surface area (Å²) in [5.74, 6) is -1.36. The molecule has 0 atom stereocenters. The van der Waals surface area contributed by atoms with E-state index in [1.165, 1.54) is 0 Å². The fourth-order valence-corrected chi connectivity index (χ4v) is 1.40. The van der Waals surface area contributed by atoms with Gasteiger partial charge in [0, 0.05) is 0 Å². The standard InChI is InChI=1S/C4HCl2NO2S/c5-1-2(6)10-3(7-1)4(8)9/h(H,8,9)/p-1. The normalized spacial score (nSPS) is 9.80. The van der Waals surface area contributed by atoms with Crippen LogP contribution in [0, 0.1) is 0 Å². The zero-order valence-electron chi connectivity index (χ0n) is 4.43. The molecule has 0 aromatic carbocycles. The first-order valence-corrected chi connectivity index (χ1v) is 3.71. The molecule has 3 nitrogen and oxygen atoms in total. The highest BCUT2D eigenvalue weighted by Gasteiger charge is 2.06. The average Bonchev–Trinajstić information content (AvgIpc) is 2.13. The van der Waals surface area contributed by atoms with E-state index in [0.717, 1.165) is 11.3 Å². The van der Waals surface area contributed by atoms with Gasteiger partial charge >= 0.3 is 0 Å². The predicted molar refractivity (Wildman–Crippen MR) is 36.5 cm³/mol. The molecule has 0 N–H and O–H groups in total. The number of carboxylic acid groups (broad SMARTS) is 1. The van der Waals surface area contributed by atoms with Crippen LogP contribution in [0.1, 0.15) is 9.80 Å². The van der Waals surface area contributed by atoms with Crippen molar-refractivity contribution in [2.75, 3.05) is 0 Å². The molecule has 54 valence electrons. The van der Waals surface area contributed by atoms with Crippen LogP contribution in [0.25, 0.3) is 0 Å². The Labute approximate surface area is 70.2 Å². The topological polar surface area (TPSA) is 53.0 Å². The van der Waals surface area contributed by atoms with Gasteiger partial charge < -0.3 is 9.90 Å². The van der Waals surface area contributed by atoms with E-state index in [2.05, 4.69) is 4.98 Å². The maximum atomic E-state index is 10.1. The fraction of sp³-hybridized carbons (Fsp3) is 0. The molecule has 0 saturated carbocycles.